The van der Waals surface area contributed by atoms with E-state index >= 15 is 0 Å². The Morgan fingerprint density at radius 1 is 1.25 bits per heavy atom. The first kappa shape index (κ1) is 16.5. The number of nitrogens with zero attached hydrogens (tertiary/aromatic N) is 1. The number of amides is 1. The predicted octanol–water partition coefficient (Wildman–Crippen LogP) is 2.50. The van der Waals surface area contributed by atoms with E-state index in [9.17, 15) is 4.79 Å². The average molecular weight is 277 g/mol. The average Bonchev–Trinajstić information content (AvgIpc) is 2.45. The Bertz CT molecular complexity index is 432. The Balaban J connectivity index is 2.54. The minimum absolute atomic E-state index is 0.000329. The minimum atomic E-state index is -0.000329. The van der Waals surface area contributed by atoms with Crippen molar-refractivity contribution in [2.24, 2.45) is 0 Å². The molecule has 0 radical (unpaired) electrons. The first-order valence-corrected chi connectivity index (χ1v) is 7.39. The number of carbonyl (C=O) groups is 1. The standard InChI is InChI=1S/C16H27N3O/c1-5-9-17-15-8-7-14(12-13(15)3)16(20)18-10-11-19(4)6-2/h7-8,12,17H,5-6,9-11H2,1-4H3,(H,18,20). The molecular weight excluding hydrogens is 250 g/mol. The fourth-order valence-electron chi connectivity index (χ4n) is 1.88. The summed E-state index contributed by atoms with van der Waals surface area (Å²) >= 11 is 0. The number of benzene rings is 1. The second-order valence-corrected chi connectivity index (χ2v) is 5.11. The van der Waals surface area contributed by atoms with E-state index in [0.717, 1.165) is 42.9 Å². The molecule has 20 heavy (non-hydrogen) atoms. The monoisotopic (exact) mass is 277 g/mol. The molecule has 0 atom stereocenters. The number of anilines is 1. The van der Waals surface area contributed by atoms with Crippen LogP contribution in [-0.4, -0.2) is 44.0 Å². The predicted molar refractivity (Wildman–Crippen MR) is 85.5 cm³/mol. The van der Waals surface area contributed by atoms with Crippen molar-refractivity contribution in [1.29, 1.82) is 0 Å². The highest BCUT2D eigenvalue weighted by atomic mass is 16.1. The van der Waals surface area contributed by atoms with Crippen LogP contribution in [0.25, 0.3) is 0 Å². The van der Waals surface area contributed by atoms with Gasteiger partial charge in [-0.05, 0) is 50.7 Å². The molecule has 0 heterocycles. The summed E-state index contributed by atoms with van der Waals surface area (Å²) in [5, 5.41) is 6.31. The molecule has 1 amide bonds. The van der Waals surface area contributed by atoms with Crippen LogP contribution in [0.1, 0.15) is 36.2 Å². The molecule has 0 aliphatic carbocycles. The van der Waals surface area contributed by atoms with Crippen LogP contribution in [0.4, 0.5) is 5.69 Å². The SMILES string of the molecule is CCCNc1ccc(C(=O)NCCN(C)CC)cc1C. The number of nitrogens with one attached hydrogen (secondary N) is 2. The zero-order chi connectivity index (χ0) is 15.0. The van der Waals surface area contributed by atoms with Gasteiger partial charge in [-0.3, -0.25) is 4.79 Å². The van der Waals surface area contributed by atoms with Crippen LogP contribution < -0.4 is 10.6 Å². The van der Waals surface area contributed by atoms with Gasteiger partial charge in [-0.15, -0.1) is 0 Å². The van der Waals surface area contributed by atoms with Gasteiger partial charge in [-0.25, -0.2) is 0 Å². The molecule has 2 N–H and O–H groups in total. The third kappa shape index (κ3) is 5.21. The van der Waals surface area contributed by atoms with E-state index < -0.39 is 0 Å². The summed E-state index contributed by atoms with van der Waals surface area (Å²) in [6, 6.07) is 5.80. The molecule has 1 aromatic carbocycles. The molecular formula is C16H27N3O. The summed E-state index contributed by atoms with van der Waals surface area (Å²) in [5.41, 5.74) is 2.94. The molecule has 0 fully saturated rings. The van der Waals surface area contributed by atoms with Crippen LogP contribution in [0.5, 0.6) is 0 Å². The van der Waals surface area contributed by atoms with Crippen molar-refractivity contribution in [2.75, 3.05) is 38.5 Å². The Hall–Kier alpha value is -1.55. The molecule has 0 aromatic heterocycles. The zero-order valence-electron chi connectivity index (χ0n) is 13.1. The molecule has 1 rings (SSSR count). The Kier molecular flexibility index (Phi) is 7.09. The third-order valence-corrected chi connectivity index (χ3v) is 3.37. The van der Waals surface area contributed by atoms with Crippen molar-refractivity contribution in [3.8, 4) is 0 Å². The Morgan fingerprint density at radius 3 is 2.60 bits per heavy atom. The first-order valence-electron chi connectivity index (χ1n) is 7.39. The molecule has 0 aliphatic heterocycles. The summed E-state index contributed by atoms with van der Waals surface area (Å²) in [4.78, 5) is 14.2. The van der Waals surface area contributed by atoms with Crippen LogP contribution in [0, 0.1) is 6.92 Å². The highest BCUT2D eigenvalue weighted by Crippen LogP contribution is 2.16. The second kappa shape index (κ2) is 8.59. The molecule has 112 valence electrons. The molecule has 0 bridgehead atoms. The fourth-order valence-corrected chi connectivity index (χ4v) is 1.88. The van der Waals surface area contributed by atoms with Crippen LogP contribution in [-0.2, 0) is 0 Å². The largest absolute Gasteiger partial charge is 0.385 e. The number of hydrogen-bond acceptors (Lipinski definition) is 3. The summed E-state index contributed by atoms with van der Waals surface area (Å²) < 4.78 is 0. The van der Waals surface area contributed by atoms with Crippen molar-refractivity contribution in [3.63, 3.8) is 0 Å². The molecule has 0 unspecified atom stereocenters. The van der Waals surface area contributed by atoms with E-state index in [1.54, 1.807) is 0 Å². The molecule has 0 saturated carbocycles. The van der Waals surface area contributed by atoms with Crippen molar-refractivity contribution in [2.45, 2.75) is 27.2 Å². The normalized spacial score (nSPS) is 10.7. The Labute approximate surface area is 122 Å². The molecule has 0 spiro atoms. The van der Waals surface area contributed by atoms with Gasteiger partial charge in [-0.1, -0.05) is 13.8 Å². The number of carbonyl (C=O) groups excluding carboxylic acids is 1. The molecule has 4 nitrogen and oxygen atoms in total. The van der Waals surface area contributed by atoms with Crippen LogP contribution in [0.3, 0.4) is 0 Å². The van der Waals surface area contributed by atoms with Crippen molar-refractivity contribution >= 4 is 11.6 Å². The molecule has 4 heteroatoms. The van der Waals surface area contributed by atoms with Crippen molar-refractivity contribution in [3.05, 3.63) is 29.3 Å². The van der Waals surface area contributed by atoms with E-state index in [0.29, 0.717) is 6.54 Å². The summed E-state index contributed by atoms with van der Waals surface area (Å²) in [5.74, 6) is -0.000329. The van der Waals surface area contributed by atoms with E-state index in [2.05, 4.69) is 29.4 Å². The van der Waals surface area contributed by atoms with Crippen molar-refractivity contribution in [1.82, 2.24) is 10.2 Å². The smallest absolute Gasteiger partial charge is 0.251 e. The summed E-state index contributed by atoms with van der Waals surface area (Å²) in [6.07, 6.45) is 1.09. The van der Waals surface area contributed by atoms with Crippen LogP contribution >= 0.6 is 0 Å². The molecule has 1 aromatic rings. The van der Waals surface area contributed by atoms with Gasteiger partial charge in [0.25, 0.3) is 5.91 Å². The van der Waals surface area contributed by atoms with E-state index in [4.69, 9.17) is 0 Å². The molecule has 0 saturated heterocycles. The summed E-state index contributed by atoms with van der Waals surface area (Å²) in [6.45, 7) is 9.77. The zero-order valence-corrected chi connectivity index (χ0v) is 13.1. The number of likely N-dealkylation sites (N-methyl/N-ethyl adjacent to an activating group) is 1. The highest BCUT2D eigenvalue weighted by molar-refractivity contribution is 5.94. The quantitative estimate of drug-likeness (QED) is 0.767. The van der Waals surface area contributed by atoms with Gasteiger partial charge in [0.1, 0.15) is 0 Å². The van der Waals surface area contributed by atoms with Gasteiger partial charge in [0.05, 0.1) is 0 Å². The van der Waals surface area contributed by atoms with Crippen LogP contribution in [0.2, 0.25) is 0 Å². The van der Waals surface area contributed by atoms with Gasteiger partial charge in [0.15, 0.2) is 0 Å². The third-order valence-electron chi connectivity index (χ3n) is 3.37. The molecule has 0 aliphatic rings. The van der Waals surface area contributed by atoms with Gasteiger partial charge < -0.3 is 15.5 Å². The summed E-state index contributed by atoms with van der Waals surface area (Å²) in [7, 11) is 2.05. The maximum Gasteiger partial charge on any atom is 0.251 e. The van der Waals surface area contributed by atoms with E-state index in [-0.39, 0.29) is 5.91 Å². The lowest BCUT2D eigenvalue weighted by Crippen LogP contribution is -2.32. The highest BCUT2D eigenvalue weighted by Gasteiger charge is 2.07. The second-order valence-electron chi connectivity index (χ2n) is 5.11. The maximum atomic E-state index is 12.0. The maximum absolute atomic E-state index is 12.0. The van der Waals surface area contributed by atoms with Gasteiger partial charge >= 0.3 is 0 Å². The lowest BCUT2D eigenvalue weighted by atomic mass is 10.1. The van der Waals surface area contributed by atoms with Gasteiger partial charge in [0, 0.05) is 30.9 Å². The van der Waals surface area contributed by atoms with E-state index in [1.165, 1.54) is 0 Å². The first-order chi connectivity index (χ1) is 9.58. The lowest BCUT2D eigenvalue weighted by Gasteiger charge is -2.14. The Morgan fingerprint density at radius 2 is 2.00 bits per heavy atom. The number of hydrogen-bond donors (Lipinski definition) is 2. The number of aryl methyl sites for hydroxylation is 1. The van der Waals surface area contributed by atoms with Crippen molar-refractivity contribution < 1.29 is 4.79 Å². The minimum Gasteiger partial charge on any atom is -0.385 e. The van der Waals surface area contributed by atoms with Gasteiger partial charge in [0.2, 0.25) is 0 Å². The van der Waals surface area contributed by atoms with Gasteiger partial charge in [-0.2, -0.15) is 0 Å². The topological polar surface area (TPSA) is 44.4 Å². The lowest BCUT2D eigenvalue weighted by molar-refractivity contribution is 0.0950. The fraction of sp³-hybridized carbons (Fsp3) is 0.562. The number of rotatable bonds is 8. The van der Waals surface area contributed by atoms with Crippen LogP contribution in [0.15, 0.2) is 18.2 Å². The van der Waals surface area contributed by atoms with E-state index in [1.807, 2.05) is 32.2 Å².